The third kappa shape index (κ3) is 4.17. The highest BCUT2D eigenvalue weighted by Gasteiger charge is 2.26. The van der Waals surface area contributed by atoms with E-state index < -0.39 is 0 Å². The Hall–Kier alpha value is -1.98. The Morgan fingerprint density at radius 2 is 1.80 bits per heavy atom. The molecule has 1 unspecified atom stereocenters. The summed E-state index contributed by atoms with van der Waals surface area (Å²) in [6, 6.07) is 10.6. The maximum Gasteiger partial charge on any atom is 0.252 e. The van der Waals surface area contributed by atoms with Gasteiger partial charge in [-0.15, -0.1) is 11.3 Å². The van der Waals surface area contributed by atoms with E-state index in [0.717, 1.165) is 12.8 Å². The van der Waals surface area contributed by atoms with Gasteiger partial charge in [0.05, 0.1) is 10.4 Å². The van der Waals surface area contributed by atoms with E-state index in [1.165, 1.54) is 30.6 Å². The van der Waals surface area contributed by atoms with Crippen LogP contribution in [0.1, 0.15) is 57.7 Å². The molecule has 3 rings (SSSR count). The molecular formula is C20H24N2O2S. The first-order chi connectivity index (χ1) is 12.2. The summed E-state index contributed by atoms with van der Waals surface area (Å²) in [5, 5.41) is 4.95. The second kappa shape index (κ2) is 8.41. The fraction of sp³-hybridized carbons (Fsp3) is 0.400. The van der Waals surface area contributed by atoms with Crippen LogP contribution in [0, 0.1) is 5.92 Å². The van der Waals surface area contributed by atoms with Gasteiger partial charge in [-0.1, -0.05) is 43.5 Å². The standard InChI is InChI=1S/C20H24N2O2S/c21-13-17(14-7-2-1-3-8-14)22-20(24)16-10-5-4-9-15(16)19(23)18-11-6-12-25-18/h4-6,9-12,14,17H,1-3,7-8,13,21H2,(H,22,24). The Morgan fingerprint density at radius 1 is 1.08 bits per heavy atom. The number of benzene rings is 1. The molecule has 1 amide bonds. The lowest BCUT2D eigenvalue weighted by molar-refractivity contribution is 0.0907. The van der Waals surface area contributed by atoms with Gasteiger partial charge in [0.25, 0.3) is 5.91 Å². The van der Waals surface area contributed by atoms with Crippen molar-refractivity contribution in [3.05, 3.63) is 57.8 Å². The summed E-state index contributed by atoms with van der Waals surface area (Å²) < 4.78 is 0. The summed E-state index contributed by atoms with van der Waals surface area (Å²) in [5.41, 5.74) is 6.80. The molecule has 1 aliphatic carbocycles. The molecule has 1 aromatic carbocycles. The minimum Gasteiger partial charge on any atom is -0.348 e. The number of ketones is 1. The minimum absolute atomic E-state index is 0.0299. The van der Waals surface area contributed by atoms with Crippen molar-refractivity contribution in [2.24, 2.45) is 11.7 Å². The van der Waals surface area contributed by atoms with Crippen LogP contribution in [0.25, 0.3) is 0 Å². The first-order valence-electron chi connectivity index (χ1n) is 8.89. The number of nitrogens with two attached hydrogens (primary N) is 1. The van der Waals surface area contributed by atoms with Crippen LogP contribution in [0.5, 0.6) is 0 Å². The molecule has 132 valence electrons. The van der Waals surface area contributed by atoms with Crippen molar-refractivity contribution in [3.63, 3.8) is 0 Å². The van der Waals surface area contributed by atoms with Crippen molar-refractivity contribution in [1.29, 1.82) is 0 Å². The number of hydrogen-bond donors (Lipinski definition) is 2. The Balaban J connectivity index is 1.79. The van der Waals surface area contributed by atoms with Crippen LogP contribution < -0.4 is 11.1 Å². The second-order valence-corrected chi connectivity index (χ2v) is 7.51. The smallest absolute Gasteiger partial charge is 0.252 e. The number of nitrogens with one attached hydrogen (secondary N) is 1. The highest BCUT2D eigenvalue weighted by Crippen LogP contribution is 2.26. The Labute approximate surface area is 152 Å². The first-order valence-corrected chi connectivity index (χ1v) is 9.77. The predicted molar refractivity (Wildman–Crippen MR) is 101 cm³/mol. The van der Waals surface area contributed by atoms with Crippen LogP contribution in [0.3, 0.4) is 0 Å². The Bertz CT molecular complexity index is 721. The second-order valence-electron chi connectivity index (χ2n) is 6.57. The largest absolute Gasteiger partial charge is 0.348 e. The van der Waals surface area contributed by atoms with E-state index in [2.05, 4.69) is 5.32 Å². The zero-order chi connectivity index (χ0) is 17.6. The molecule has 0 spiro atoms. The molecule has 1 saturated carbocycles. The molecule has 1 heterocycles. The fourth-order valence-electron chi connectivity index (χ4n) is 3.57. The van der Waals surface area contributed by atoms with Crippen LogP contribution in [0.2, 0.25) is 0 Å². The van der Waals surface area contributed by atoms with Gasteiger partial charge in [-0.05, 0) is 36.3 Å². The molecule has 4 nitrogen and oxygen atoms in total. The van der Waals surface area contributed by atoms with E-state index >= 15 is 0 Å². The van der Waals surface area contributed by atoms with Crippen molar-refractivity contribution in [2.75, 3.05) is 6.54 Å². The van der Waals surface area contributed by atoms with Gasteiger partial charge in [-0.25, -0.2) is 0 Å². The molecule has 2 aromatic rings. The lowest BCUT2D eigenvalue weighted by atomic mass is 9.83. The van der Waals surface area contributed by atoms with Crippen molar-refractivity contribution >= 4 is 23.0 Å². The molecular weight excluding hydrogens is 332 g/mol. The van der Waals surface area contributed by atoms with E-state index in [1.54, 1.807) is 30.3 Å². The number of rotatable bonds is 6. The summed E-state index contributed by atoms with van der Waals surface area (Å²) >= 11 is 1.39. The zero-order valence-corrected chi connectivity index (χ0v) is 15.1. The molecule has 1 atom stereocenters. The lowest BCUT2D eigenvalue weighted by Crippen LogP contribution is -2.46. The van der Waals surface area contributed by atoms with Crippen LogP contribution >= 0.6 is 11.3 Å². The molecule has 1 aromatic heterocycles. The average molecular weight is 356 g/mol. The Kier molecular flexibility index (Phi) is 6.00. The molecule has 25 heavy (non-hydrogen) atoms. The molecule has 0 saturated heterocycles. The highest BCUT2D eigenvalue weighted by atomic mass is 32.1. The van der Waals surface area contributed by atoms with E-state index in [-0.39, 0.29) is 17.7 Å². The molecule has 5 heteroatoms. The fourth-order valence-corrected chi connectivity index (χ4v) is 4.25. The van der Waals surface area contributed by atoms with Gasteiger partial charge in [0.2, 0.25) is 5.78 Å². The number of hydrogen-bond acceptors (Lipinski definition) is 4. The van der Waals surface area contributed by atoms with Gasteiger partial charge in [-0.2, -0.15) is 0 Å². The van der Waals surface area contributed by atoms with E-state index in [1.807, 2.05) is 11.4 Å². The van der Waals surface area contributed by atoms with Gasteiger partial charge < -0.3 is 11.1 Å². The summed E-state index contributed by atoms with van der Waals surface area (Å²) in [6.07, 6.45) is 5.88. The summed E-state index contributed by atoms with van der Waals surface area (Å²) in [6.45, 7) is 0.428. The van der Waals surface area contributed by atoms with Crippen LogP contribution in [0.4, 0.5) is 0 Å². The van der Waals surface area contributed by atoms with E-state index in [0.29, 0.717) is 28.5 Å². The van der Waals surface area contributed by atoms with Crippen molar-refractivity contribution in [1.82, 2.24) is 5.32 Å². The minimum atomic E-state index is -0.207. The number of thiophene rings is 1. The van der Waals surface area contributed by atoms with Crippen molar-refractivity contribution < 1.29 is 9.59 Å². The average Bonchev–Trinajstić information content (AvgIpc) is 3.21. The summed E-state index contributed by atoms with van der Waals surface area (Å²) in [4.78, 5) is 26.2. The highest BCUT2D eigenvalue weighted by molar-refractivity contribution is 7.12. The third-order valence-electron chi connectivity index (χ3n) is 4.95. The third-order valence-corrected chi connectivity index (χ3v) is 5.82. The maximum atomic E-state index is 12.8. The summed E-state index contributed by atoms with van der Waals surface area (Å²) in [5.74, 6) is 0.118. The number of carbonyl (C=O) groups is 2. The molecule has 0 radical (unpaired) electrons. The van der Waals surface area contributed by atoms with Crippen LogP contribution in [-0.4, -0.2) is 24.3 Å². The lowest BCUT2D eigenvalue weighted by Gasteiger charge is -2.30. The number of carbonyl (C=O) groups excluding carboxylic acids is 2. The Morgan fingerprint density at radius 3 is 2.44 bits per heavy atom. The van der Waals surface area contributed by atoms with Gasteiger partial charge in [0.1, 0.15) is 0 Å². The van der Waals surface area contributed by atoms with Gasteiger partial charge >= 0.3 is 0 Å². The normalized spacial score (nSPS) is 16.4. The van der Waals surface area contributed by atoms with Crippen LogP contribution in [0.15, 0.2) is 41.8 Å². The first kappa shape index (κ1) is 17.8. The molecule has 0 aliphatic heterocycles. The van der Waals surface area contributed by atoms with Gasteiger partial charge in [0.15, 0.2) is 0 Å². The molecule has 0 bridgehead atoms. The molecule has 3 N–H and O–H groups in total. The van der Waals surface area contributed by atoms with Crippen molar-refractivity contribution in [2.45, 2.75) is 38.1 Å². The zero-order valence-electron chi connectivity index (χ0n) is 14.2. The quantitative estimate of drug-likeness (QED) is 0.777. The van der Waals surface area contributed by atoms with Crippen LogP contribution in [-0.2, 0) is 0 Å². The van der Waals surface area contributed by atoms with E-state index in [4.69, 9.17) is 5.73 Å². The van der Waals surface area contributed by atoms with E-state index in [9.17, 15) is 9.59 Å². The molecule has 1 aliphatic rings. The predicted octanol–water partition coefficient (Wildman–Crippen LogP) is 3.62. The monoisotopic (exact) mass is 356 g/mol. The summed E-state index contributed by atoms with van der Waals surface area (Å²) in [7, 11) is 0. The topological polar surface area (TPSA) is 72.2 Å². The SMILES string of the molecule is NCC(NC(=O)c1ccccc1C(=O)c1cccs1)C1CCCCC1. The van der Waals surface area contributed by atoms with Crippen molar-refractivity contribution in [3.8, 4) is 0 Å². The molecule has 1 fully saturated rings. The van der Waals surface area contributed by atoms with Gasteiger partial charge in [-0.3, -0.25) is 9.59 Å². The van der Waals surface area contributed by atoms with Gasteiger partial charge in [0, 0.05) is 18.2 Å². The number of amides is 1. The maximum absolute atomic E-state index is 12.8.